The van der Waals surface area contributed by atoms with Gasteiger partial charge in [0.15, 0.2) is 0 Å². The van der Waals surface area contributed by atoms with Gasteiger partial charge >= 0.3 is 0 Å². The molecule has 1 aliphatic heterocycles. The highest BCUT2D eigenvalue weighted by atomic mass is 32.2. The minimum Gasteiger partial charge on any atom is -0.355 e. The lowest BCUT2D eigenvalue weighted by atomic mass is 10.2. The normalized spacial score (nSPS) is 20.5. The van der Waals surface area contributed by atoms with Crippen molar-refractivity contribution < 1.29 is 13.2 Å². The van der Waals surface area contributed by atoms with E-state index in [0.29, 0.717) is 6.42 Å². The van der Waals surface area contributed by atoms with Crippen LogP contribution in [0, 0.1) is 0 Å². The number of amides is 1. The van der Waals surface area contributed by atoms with E-state index in [0.717, 1.165) is 18.1 Å². The van der Waals surface area contributed by atoms with E-state index in [1.54, 1.807) is 13.8 Å². The van der Waals surface area contributed by atoms with Crippen LogP contribution in [0.25, 0.3) is 0 Å². The van der Waals surface area contributed by atoms with Crippen molar-refractivity contribution in [3.05, 3.63) is 0 Å². The fourth-order valence-electron chi connectivity index (χ4n) is 1.79. The summed E-state index contributed by atoms with van der Waals surface area (Å²) in [6.07, 6.45) is 0.407. The van der Waals surface area contributed by atoms with Crippen LogP contribution < -0.4 is 15.4 Å². The van der Waals surface area contributed by atoms with Crippen molar-refractivity contribution in [3.8, 4) is 0 Å². The second-order valence-corrected chi connectivity index (χ2v) is 7.89. The van der Waals surface area contributed by atoms with Gasteiger partial charge in [-0.3, -0.25) is 4.79 Å². The van der Waals surface area contributed by atoms with Crippen LogP contribution in [0.15, 0.2) is 0 Å². The van der Waals surface area contributed by atoms with Crippen molar-refractivity contribution in [2.24, 2.45) is 0 Å². The summed E-state index contributed by atoms with van der Waals surface area (Å²) >= 11 is 1.83. The molecule has 0 radical (unpaired) electrons. The van der Waals surface area contributed by atoms with Crippen molar-refractivity contribution in [3.63, 3.8) is 0 Å². The van der Waals surface area contributed by atoms with E-state index in [2.05, 4.69) is 15.4 Å². The van der Waals surface area contributed by atoms with Gasteiger partial charge in [0.25, 0.3) is 0 Å². The van der Waals surface area contributed by atoms with Crippen molar-refractivity contribution >= 4 is 27.7 Å². The van der Waals surface area contributed by atoms with Crippen LogP contribution >= 0.6 is 11.8 Å². The molecular formula is C11H23N3O3S2. The van der Waals surface area contributed by atoms with Gasteiger partial charge in [-0.1, -0.05) is 0 Å². The van der Waals surface area contributed by atoms with Crippen LogP contribution in [0.5, 0.6) is 0 Å². The molecule has 19 heavy (non-hydrogen) atoms. The van der Waals surface area contributed by atoms with E-state index in [-0.39, 0.29) is 30.3 Å². The summed E-state index contributed by atoms with van der Waals surface area (Å²) in [5, 5.41) is 5.92. The Kier molecular flexibility index (Phi) is 7.12. The summed E-state index contributed by atoms with van der Waals surface area (Å²) < 4.78 is 25.5. The lowest BCUT2D eigenvalue weighted by Crippen LogP contribution is -2.42. The van der Waals surface area contributed by atoms with Crippen LogP contribution in [-0.4, -0.2) is 56.8 Å². The predicted molar refractivity (Wildman–Crippen MR) is 78.8 cm³/mol. The number of thioether (sulfide) groups is 1. The van der Waals surface area contributed by atoms with E-state index in [1.165, 1.54) is 0 Å². The molecule has 1 aliphatic rings. The van der Waals surface area contributed by atoms with Crippen LogP contribution in [0.2, 0.25) is 0 Å². The molecule has 0 aromatic carbocycles. The lowest BCUT2D eigenvalue weighted by molar-refractivity contribution is -0.121. The Bertz CT molecular complexity index is 379. The largest absolute Gasteiger partial charge is 0.355 e. The summed E-state index contributed by atoms with van der Waals surface area (Å²) in [6.45, 7) is 4.61. The highest BCUT2D eigenvalue weighted by Crippen LogP contribution is 2.09. The van der Waals surface area contributed by atoms with Gasteiger partial charge in [0.1, 0.15) is 0 Å². The second-order valence-electron chi connectivity index (χ2n) is 4.87. The van der Waals surface area contributed by atoms with Crippen LogP contribution in [0.1, 0.15) is 20.3 Å². The topological polar surface area (TPSA) is 87.3 Å². The molecule has 1 heterocycles. The van der Waals surface area contributed by atoms with Gasteiger partial charge in [-0.2, -0.15) is 11.8 Å². The van der Waals surface area contributed by atoms with Crippen LogP contribution in [-0.2, 0) is 14.8 Å². The second kappa shape index (κ2) is 8.08. The smallest absolute Gasteiger partial charge is 0.221 e. The molecule has 3 N–H and O–H groups in total. The van der Waals surface area contributed by atoms with Gasteiger partial charge in [0, 0.05) is 43.1 Å². The number of rotatable bonds is 7. The van der Waals surface area contributed by atoms with E-state index in [9.17, 15) is 13.2 Å². The molecule has 0 aromatic rings. The maximum atomic E-state index is 11.6. The summed E-state index contributed by atoms with van der Waals surface area (Å²) in [7, 11) is -3.29. The Labute approximate surface area is 119 Å². The van der Waals surface area contributed by atoms with E-state index >= 15 is 0 Å². The number of hydrogen-bond donors (Lipinski definition) is 3. The third kappa shape index (κ3) is 7.76. The highest BCUT2D eigenvalue weighted by Gasteiger charge is 2.17. The molecule has 0 bridgehead atoms. The molecule has 8 heteroatoms. The quantitative estimate of drug-likeness (QED) is 0.591. The number of carbonyl (C=O) groups is 1. The molecule has 0 aromatic heterocycles. The van der Waals surface area contributed by atoms with E-state index in [1.807, 2.05) is 11.8 Å². The van der Waals surface area contributed by atoms with Gasteiger partial charge in [-0.15, -0.1) is 0 Å². The summed E-state index contributed by atoms with van der Waals surface area (Å²) in [6, 6.07) is 0.0771. The first kappa shape index (κ1) is 16.7. The average molecular weight is 309 g/mol. The van der Waals surface area contributed by atoms with Gasteiger partial charge in [0.05, 0.1) is 5.75 Å². The Hall–Kier alpha value is -0.310. The molecule has 1 rings (SSSR count). The molecule has 112 valence electrons. The summed E-state index contributed by atoms with van der Waals surface area (Å²) in [5.41, 5.74) is 0. The number of nitrogens with one attached hydrogen (secondary N) is 3. The summed E-state index contributed by atoms with van der Waals surface area (Å²) in [4.78, 5) is 11.6. The summed E-state index contributed by atoms with van der Waals surface area (Å²) in [5.74, 6) is 1.83. The monoisotopic (exact) mass is 309 g/mol. The molecule has 0 saturated carbocycles. The zero-order valence-electron chi connectivity index (χ0n) is 11.4. The van der Waals surface area contributed by atoms with Crippen LogP contribution in [0.3, 0.4) is 0 Å². The van der Waals surface area contributed by atoms with Crippen molar-refractivity contribution in [1.82, 2.24) is 15.4 Å². The molecule has 0 spiro atoms. The average Bonchev–Trinajstić information content (AvgIpc) is 2.28. The third-order valence-corrected chi connectivity index (χ3v) is 5.24. The maximum absolute atomic E-state index is 11.6. The molecule has 1 saturated heterocycles. The van der Waals surface area contributed by atoms with Crippen molar-refractivity contribution in [1.29, 1.82) is 0 Å². The fourth-order valence-corrected chi connectivity index (χ4v) is 3.95. The highest BCUT2D eigenvalue weighted by molar-refractivity contribution is 7.99. The molecule has 1 amide bonds. The van der Waals surface area contributed by atoms with Gasteiger partial charge in [0.2, 0.25) is 15.9 Å². The first-order valence-electron chi connectivity index (χ1n) is 6.47. The number of sulfonamides is 1. The van der Waals surface area contributed by atoms with Crippen molar-refractivity contribution in [2.45, 2.75) is 32.4 Å². The van der Waals surface area contributed by atoms with E-state index in [4.69, 9.17) is 0 Å². The number of carbonyl (C=O) groups excluding carboxylic acids is 1. The maximum Gasteiger partial charge on any atom is 0.221 e. The van der Waals surface area contributed by atoms with Crippen LogP contribution in [0.4, 0.5) is 0 Å². The van der Waals surface area contributed by atoms with Gasteiger partial charge < -0.3 is 10.6 Å². The molecule has 6 nitrogen and oxygen atoms in total. The minimum atomic E-state index is -3.29. The molecule has 1 unspecified atom stereocenters. The third-order valence-electron chi connectivity index (χ3n) is 2.54. The molecule has 1 atom stereocenters. The lowest BCUT2D eigenvalue weighted by Gasteiger charge is -2.22. The zero-order valence-corrected chi connectivity index (χ0v) is 13.1. The van der Waals surface area contributed by atoms with E-state index < -0.39 is 10.0 Å². The molecular weight excluding hydrogens is 286 g/mol. The first-order chi connectivity index (χ1) is 8.89. The Morgan fingerprint density at radius 3 is 2.79 bits per heavy atom. The van der Waals surface area contributed by atoms with Gasteiger partial charge in [-0.05, 0) is 13.8 Å². The fraction of sp³-hybridized carbons (Fsp3) is 0.909. The standard InChI is InChI=1S/C11H23N3O3S2/c1-9(2)14-19(16,17)6-4-13-11(15)7-10-8-18-5-3-12-10/h9-10,12,14H,3-8H2,1-2H3,(H,13,15). The molecule has 1 fully saturated rings. The SMILES string of the molecule is CC(C)NS(=O)(=O)CCNC(=O)CC1CSCCN1. The Morgan fingerprint density at radius 2 is 2.21 bits per heavy atom. The zero-order chi connectivity index (χ0) is 14.3. The minimum absolute atomic E-state index is 0.0796. The Balaban J connectivity index is 2.19. The van der Waals surface area contributed by atoms with Gasteiger partial charge in [-0.25, -0.2) is 13.1 Å². The predicted octanol–water partition coefficient (Wildman–Crippen LogP) is -0.474. The number of hydrogen-bond acceptors (Lipinski definition) is 5. The first-order valence-corrected chi connectivity index (χ1v) is 9.27. The Morgan fingerprint density at radius 1 is 1.47 bits per heavy atom. The molecule has 0 aliphatic carbocycles. The van der Waals surface area contributed by atoms with Crippen molar-refractivity contribution in [2.75, 3.05) is 30.3 Å².